The number of aromatic carboxylic acids is 1. The Hall–Kier alpha value is -2.07. The van der Waals surface area contributed by atoms with Crippen molar-refractivity contribution < 1.29 is 26.4 Å². The van der Waals surface area contributed by atoms with Gasteiger partial charge in [-0.05, 0) is 26.3 Å². The van der Waals surface area contributed by atoms with E-state index in [0.29, 0.717) is 5.56 Å². The maximum Gasteiger partial charge on any atom is 0.488 e. The van der Waals surface area contributed by atoms with Crippen LogP contribution in [0.3, 0.4) is 0 Å². The van der Waals surface area contributed by atoms with E-state index in [1.165, 1.54) is 20.8 Å². The lowest BCUT2D eigenvalue weighted by atomic mass is 9.92. The molecule has 0 radical (unpaired) electrons. The minimum absolute atomic E-state index is 0.00252. The van der Waals surface area contributed by atoms with E-state index in [9.17, 15) is 17.1 Å². The van der Waals surface area contributed by atoms with Gasteiger partial charge in [-0.15, -0.1) is 6.42 Å². The Morgan fingerprint density at radius 3 is 2.16 bits per heavy atom. The van der Waals surface area contributed by atoms with Gasteiger partial charge < -0.3 is 9.29 Å². The van der Waals surface area contributed by atoms with Crippen LogP contribution >= 0.6 is 0 Å². The molecular weight excluding hydrogens is 275 g/mol. The number of carboxylic acids is 1. The minimum atomic E-state index is -5.26. The highest BCUT2D eigenvalue weighted by Crippen LogP contribution is 2.33. The Labute approximate surface area is 110 Å². The summed E-state index contributed by atoms with van der Waals surface area (Å²) in [4.78, 5) is 11.2. The van der Waals surface area contributed by atoms with Crippen molar-refractivity contribution in [3.63, 3.8) is 0 Å². The zero-order valence-electron chi connectivity index (χ0n) is 10.4. The zero-order chi connectivity index (χ0) is 15.0. The Morgan fingerprint density at radius 1 is 1.26 bits per heavy atom. The molecule has 0 fully saturated rings. The molecule has 7 heteroatoms. The number of carboxylic acid groups (broad SMARTS) is 1. The van der Waals surface area contributed by atoms with Crippen molar-refractivity contribution in [3.05, 3.63) is 27.8 Å². The Kier molecular flexibility index (Phi) is 3.86. The summed E-state index contributed by atoms with van der Waals surface area (Å²) in [6.07, 6.45) is 5.26. The first-order chi connectivity index (χ1) is 8.60. The van der Waals surface area contributed by atoms with Crippen LogP contribution in [0.5, 0.6) is 5.75 Å². The SMILES string of the molecule is C#Cc1c(C)c(OS(=O)(=O)F)c(C)c(C(=O)O)c1C. The maximum atomic E-state index is 12.7. The van der Waals surface area contributed by atoms with Crippen LogP contribution in [-0.2, 0) is 10.5 Å². The van der Waals surface area contributed by atoms with Crippen molar-refractivity contribution in [2.75, 3.05) is 0 Å². The lowest BCUT2D eigenvalue weighted by Gasteiger charge is -2.16. The van der Waals surface area contributed by atoms with Gasteiger partial charge in [-0.3, -0.25) is 0 Å². The third-order valence-corrected chi connectivity index (χ3v) is 3.09. The largest absolute Gasteiger partial charge is 0.488 e. The van der Waals surface area contributed by atoms with Crippen LogP contribution in [0.1, 0.15) is 32.6 Å². The molecule has 1 rings (SSSR count). The molecule has 0 aliphatic rings. The van der Waals surface area contributed by atoms with Crippen molar-refractivity contribution in [1.29, 1.82) is 0 Å². The first-order valence-electron chi connectivity index (χ1n) is 5.07. The standard InChI is InChI=1S/C12H11FO5S/c1-5-9-6(2)10(12(14)15)8(4)11(7(9)3)18-19(13,16)17/h1H,2-4H3,(H,14,15). The van der Waals surface area contributed by atoms with Gasteiger partial charge in [-0.1, -0.05) is 9.81 Å². The van der Waals surface area contributed by atoms with E-state index >= 15 is 0 Å². The maximum absolute atomic E-state index is 12.7. The third kappa shape index (κ3) is 2.85. The monoisotopic (exact) mass is 286 g/mol. The van der Waals surface area contributed by atoms with Gasteiger partial charge in [0.2, 0.25) is 0 Å². The van der Waals surface area contributed by atoms with Crippen LogP contribution in [0.4, 0.5) is 3.89 Å². The topological polar surface area (TPSA) is 80.7 Å². The molecule has 1 aromatic carbocycles. The number of carbonyl (C=O) groups is 1. The molecule has 0 saturated heterocycles. The van der Waals surface area contributed by atoms with E-state index in [-0.39, 0.29) is 22.3 Å². The van der Waals surface area contributed by atoms with Gasteiger partial charge in [0.1, 0.15) is 0 Å². The van der Waals surface area contributed by atoms with Crippen LogP contribution in [0.25, 0.3) is 0 Å². The first-order valence-corrected chi connectivity index (χ1v) is 6.38. The lowest BCUT2D eigenvalue weighted by Crippen LogP contribution is -2.12. The molecule has 0 bridgehead atoms. The van der Waals surface area contributed by atoms with E-state index in [1.54, 1.807) is 0 Å². The van der Waals surface area contributed by atoms with Crippen LogP contribution in [0.15, 0.2) is 0 Å². The highest BCUT2D eigenvalue weighted by atomic mass is 32.3. The number of hydrogen-bond donors (Lipinski definition) is 1. The summed E-state index contributed by atoms with van der Waals surface area (Å²) in [5.74, 6) is 0.563. The van der Waals surface area contributed by atoms with Crippen molar-refractivity contribution in [1.82, 2.24) is 0 Å². The van der Waals surface area contributed by atoms with Crippen molar-refractivity contribution in [3.8, 4) is 18.1 Å². The molecule has 1 N–H and O–H groups in total. The minimum Gasteiger partial charge on any atom is -0.478 e. The highest BCUT2D eigenvalue weighted by molar-refractivity contribution is 7.81. The van der Waals surface area contributed by atoms with Crippen LogP contribution in [-0.4, -0.2) is 19.5 Å². The van der Waals surface area contributed by atoms with Crippen LogP contribution < -0.4 is 4.18 Å². The molecular formula is C12H11FO5S. The molecule has 0 aliphatic heterocycles. The predicted molar refractivity (Wildman–Crippen MR) is 66.2 cm³/mol. The summed E-state index contributed by atoms with van der Waals surface area (Å²) in [7, 11) is -5.26. The fraction of sp³-hybridized carbons (Fsp3) is 0.250. The van der Waals surface area contributed by atoms with Crippen molar-refractivity contribution in [2.24, 2.45) is 0 Å². The van der Waals surface area contributed by atoms with E-state index in [4.69, 9.17) is 11.5 Å². The quantitative estimate of drug-likeness (QED) is 0.678. The molecule has 0 saturated carbocycles. The Balaban J connectivity index is 3.79. The average molecular weight is 286 g/mol. The molecule has 5 nitrogen and oxygen atoms in total. The molecule has 19 heavy (non-hydrogen) atoms. The summed E-state index contributed by atoms with van der Waals surface area (Å²) in [6.45, 7) is 4.25. The molecule has 0 aliphatic carbocycles. The van der Waals surface area contributed by atoms with E-state index in [0.717, 1.165) is 0 Å². The van der Waals surface area contributed by atoms with Gasteiger partial charge in [0.15, 0.2) is 5.75 Å². The number of halogens is 1. The van der Waals surface area contributed by atoms with Crippen molar-refractivity contribution in [2.45, 2.75) is 20.8 Å². The summed E-state index contributed by atoms with van der Waals surface area (Å²) >= 11 is 0. The van der Waals surface area contributed by atoms with Gasteiger partial charge in [0.05, 0.1) is 5.56 Å². The molecule has 0 unspecified atom stereocenters. The molecule has 0 spiro atoms. The van der Waals surface area contributed by atoms with Crippen molar-refractivity contribution >= 4 is 16.5 Å². The molecule has 0 heterocycles. The van der Waals surface area contributed by atoms with Crippen LogP contribution in [0.2, 0.25) is 0 Å². The van der Waals surface area contributed by atoms with E-state index < -0.39 is 22.2 Å². The molecule has 102 valence electrons. The normalized spacial score (nSPS) is 10.9. The number of terminal acetylenes is 1. The van der Waals surface area contributed by atoms with Gasteiger partial charge in [-0.25, -0.2) is 4.79 Å². The summed E-state index contributed by atoms with van der Waals surface area (Å²) in [5.41, 5.74) is 0.471. The number of benzene rings is 1. The first kappa shape index (κ1) is 15.0. The smallest absolute Gasteiger partial charge is 0.478 e. The second-order valence-corrected chi connectivity index (χ2v) is 4.83. The summed E-state index contributed by atoms with van der Waals surface area (Å²) in [5, 5.41) is 9.11. The zero-order valence-corrected chi connectivity index (χ0v) is 11.3. The number of rotatable bonds is 3. The van der Waals surface area contributed by atoms with Gasteiger partial charge in [-0.2, -0.15) is 8.42 Å². The average Bonchev–Trinajstić information content (AvgIpc) is 2.23. The number of hydrogen-bond acceptors (Lipinski definition) is 4. The third-order valence-electron chi connectivity index (χ3n) is 2.72. The Bertz CT molecular complexity index is 698. The van der Waals surface area contributed by atoms with Crippen LogP contribution in [0, 0.1) is 33.1 Å². The molecule has 1 aromatic rings. The molecule has 0 atom stereocenters. The highest BCUT2D eigenvalue weighted by Gasteiger charge is 2.24. The second-order valence-electron chi connectivity index (χ2n) is 3.88. The predicted octanol–water partition coefficient (Wildman–Crippen LogP) is 1.88. The second kappa shape index (κ2) is 4.90. The fourth-order valence-corrected chi connectivity index (χ4v) is 2.41. The Morgan fingerprint density at radius 2 is 1.79 bits per heavy atom. The summed E-state index contributed by atoms with van der Waals surface area (Å²) in [6, 6.07) is 0. The van der Waals surface area contributed by atoms with Gasteiger partial charge >= 0.3 is 16.5 Å². The van der Waals surface area contributed by atoms with Gasteiger partial charge in [0, 0.05) is 16.7 Å². The van der Waals surface area contributed by atoms with Gasteiger partial charge in [0.25, 0.3) is 0 Å². The molecule has 0 amide bonds. The van der Waals surface area contributed by atoms with E-state index in [1.807, 2.05) is 0 Å². The lowest BCUT2D eigenvalue weighted by molar-refractivity contribution is 0.0695. The summed E-state index contributed by atoms with van der Waals surface area (Å²) < 4.78 is 38.0. The molecule has 0 aromatic heterocycles. The van der Waals surface area contributed by atoms with E-state index in [2.05, 4.69) is 10.1 Å². The fourth-order valence-electron chi connectivity index (χ4n) is 1.96.